The maximum absolute atomic E-state index is 13.9. The van der Waals surface area contributed by atoms with E-state index in [9.17, 15) is 23.9 Å². The van der Waals surface area contributed by atoms with Crippen LogP contribution in [0.1, 0.15) is 68.8 Å². The third kappa shape index (κ3) is 4.21. The van der Waals surface area contributed by atoms with Crippen LogP contribution in [0.15, 0.2) is 18.2 Å². The number of nitrogens with zero attached hydrogens (tertiary/aromatic N) is 1. The fraction of sp³-hybridized carbons (Fsp3) is 0.435. The van der Waals surface area contributed by atoms with Gasteiger partial charge < -0.3 is 15.3 Å². The van der Waals surface area contributed by atoms with Crippen LogP contribution in [0.2, 0.25) is 0 Å². The lowest BCUT2D eigenvalue weighted by molar-refractivity contribution is -0.120. The number of halogens is 1. The highest BCUT2D eigenvalue weighted by molar-refractivity contribution is 7.17. The van der Waals surface area contributed by atoms with E-state index in [1.165, 1.54) is 23.5 Å². The lowest BCUT2D eigenvalue weighted by Gasteiger charge is -2.27. The molecule has 6 nitrogen and oxygen atoms in total. The van der Waals surface area contributed by atoms with Gasteiger partial charge in [-0.15, -0.1) is 11.3 Å². The summed E-state index contributed by atoms with van der Waals surface area (Å²) < 4.78 is 13.9. The Labute approximate surface area is 184 Å². The van der Waals surface area contributed by atoms with Crippen LogP contribution in [0.25, 0.3) is 0 Å². The first-order valence-corrected chi connectivity index (χ1v) is 11.4. The summed E-state index contributed by atoms with van der Waals surface area (Å²) in [7, 11) is 0. The molecule has 1 aromatic carbocycles. The molecule has 2 aromatic rings. The first-order valence-electron chi connectivity index (χ1n) is 10.6. The van der Waals surface area contributed by atoms with E-state index in [1.54, 1.807) is 17.9 Å². The summed E-state index contributed by atoms with van der Waals surface area (Å²) >= 11 is 1.23. The third-order valence-electron chi connectivity index (χ3n) is 6.27. The van der Waals surface area contributed by atoms with Gasteiger partial charge in [0, 0.05) is 22.9 Å². The number of thiophene rings is 1. The monoisotopic (exact) mass is 444 g/mol. The quantitative estimate of drug-likeness (QED) is 0.721. The largest absolute Gasteiger partial charge is 0.478 e. The van der Waals surface area contributed by atoms with Crippen molar-refractivity contribution >= 4 is 34.1 Å². The molecule has 1 fully saturated rings. The Balaban J connectivity index is 1.57. The third-order valence-corrected chi connectivity index (χ3v) is 7.40. The second kappa shape index (κ2) is 8.78. The smallest absolute Gasteiger partial charge is 0.339 e. The van der Waals surface area contributed by atoms with E-state index in [2.05, 4.69) is 5.32 Å². The van der Waals surface area contributed by atoms with Crippen molar-refractivity contribution in [1.82, 2.24) is 4.90 Å². The molecule has 1 aromatic heterocycles. The minimum Gasteiger partial charge on any atom is -0.478 e. The molecule has 1 aliphatic carbocycles. The molecule has 0 bridgehead atoms. The lowest BCUT2D eigenvalue weighted by Crippen LogP contribution is -2.36. The van der Waals surface area contributed by atoms with E-state index >= 15 is 0 Å². The molecule has 31 heavy (non-hydrogen) atoms. The minimum atomic E-state index is -1.07. The van der Waals surface area contributed by atoms with E-state index in [0.717, 1.165) is 37.0 Å². The van der Waals surface area contributed by atoms with E-state index in [1.807, 2.05) is 0 Å². The van der Waals surface area contributed by atoms with Crippen LogP contribution >= 0.6 is 11.3 Å². The van der Waals surface area contributed by atoms with Gasteiger partial charge >= 0.3 is 5.97 Å². The number of amides is 2. The molecule has 0 radical (unpaired) electrons. The van der Waals surface area contributed by atoms with Crippen LogP contribution in [-0.4, -0.2) is 34.3 Å². The fourth-order valence-electron chi connectivity index (χ4n) is 4.48. The van der Waals surface area contributed by atoms with Crippen molar-refractivity contribution in [3.63, 3.8) is 0 Å². The number of carbonyl (C=O) groups is 3. The number of nitrogens with one attached hydrogen (secondary N) is 1. The molecule has 4 rings (SSSR count). The molecule has 164 valence electrons. The first kappa shape index (κ1) is 21.5. The molecule has 0 saturated heterocycles. The molecule has 0 atom stereocenters. The molecule has 1 saturated carbocycles. The number of carboxylic acid groups (broad SMARTS) is 1. The molecule has 1 aliphatic heterocycles. The molecule has 2 N–H and O–H groups in total. The fourth-order valence-corrected chi connectivity index (χ4v) is 5.74. The Bertz CT molecular complexity index is 1040. The van der Waals surface area contributed by atoms with Crippen LogP contribution in [0.5, 0.6) is 0 Å². The number of anilines is 1. The minimum absolute atomic E-state index is 0.0800. The zero-order valence-corrected chi connectivity index (χ0v) is 18.2. The van der Waals surface area contributed by atoms with Crippen molar-refractivity contribution in [2.75, 3.05) is 11.9 Å². The van der Waals surface area contributed by atoms with Crippen molar-refractivity contribution < 1.29 is 23.9 Å². The van der Waals surface area contributed by atoms with Gasteiger partial charge in [0.2, 0.25) is 5.91 Å². The predicted molar refractivity (Wildman–Crippen MR) is 116 cm³/mol. The van der Waals surface area contributed by atoms with Crippen LogP contribution < -0.4 is 5.32 Å². The van der Waals surface area contributed by atoms with Gasteiger partial charge in [-0.1, -0.05) is 25.3 Å². The summed E-state index contributed by atoms with van der Waals surface area (Å²) in [5, 5.41) is 13.0. The highest BCUT2D eigenvalue weighted by Crippen LogP contribution is 2.38. The van der Waals surface area contributed by atoms with Crippen molar-refractivity contribution in [2.45, 2.75) is 52.0 Å². The summed E-state index contributed by atoms with van der Waals surface area (Å²) in [4.78, 5) is 40.0. The number of fused-ring (bicyclic) bond motifs is 1. The number of aromatic carboxylic acids is 1. The van der Waals surface area contributed by atoms with E-state index < -0.39 is 11.8 Å². The number of hydrogen-bond acceptors (Lipinski definition) is 4. The number of carboxylic acids is 1. The standard InChI is InChI=1S/C23H25FN2O4S/c1-13-15(8-5-9-17(13)24)22(28)26-11-10-16-18(12-26)31-21(19(16)23(29)30)25-20(27)14-6-3-2-4-7-14/h5,8-9,14H,2-4,6-7,10-12H2,1H3,(H,25,27)(H,29,30). The van der Waals surface area contributed by atoms with E-state index in [-0.39, 0.29) is 29.8 Å². The van der Waals surface area contributed by atoms with Gasteiger partial charge in [-0.25, -0.2) is 9.18 Å². The second-order valence-corrected chi connectivity index (χ2v) is 9.33. The average molecular weight is 445 g/mol. The van der Waals surface area contributed by atoms with Gasteiger partial charge in [0.1, 0.15) is 10.8 Å². The average Bonchev–Trinajstić information content (AvgIpc) is 3.13. The SMILES string of the molecule is Cc1c(F)cccc1C(=O)N1CCc2c(sc(NC(=O)C3CCCCC3)c2C(=O)O)C1. The Morgan fingerprint density at radius 3 is 2.65 bits per heavy atom. The molecule has 2 heterocycles. The van der Waals surface area contributed by atoms with Crippen LogP contribution in [0.4, 0.5) is 9.39 Å². The van der Waals surface area contributed by atoms with Crippen LogP contribution in [0.3, 0.4) is 0 Å². The molecule has 2 aliphatic rings. The van der Waals surface area contributed by atoms with E-state index in [4.69, 9.17) is 0 Å². The molecule has 2 amide bonds. The number of benzene rings is 1. The summed E-state index contributed by atoms with van der Waals surface area (Å²) in [5.41, 5.74) is 1.43. The summed E-state index contributed by atoms with van der Waals surface area (Å²) in [6.45, 7) is 2.16. The molecule has 0 unspecified atom stereocenters. The summed E-state index contributed by atoms with van der Waals surface area (Å²) in [6.07, 6.45) is 5.20. The number of carbonyl (C=O) groups excluding carboxylic acids is 2. The zero-order chi connectivity index (χ0) is 22.1. The van der Waals surface area contributed by atoms with E-state index in [0.29, 0.717) is 34.7 Å². The van der Waals surface area contributed by atoms with Gasteiger partial charge in [-0.05, 0) is 49.4 Å². The highest BCUT2D eigenvalue weighted by atomic mass is 32.1. The van der Waals surface area contributed by atoms with Crippen molar-refractivity contribution in [3.8, 4) is 0 Å². The highest BCUT2D eigenvalue weighted by Gasteiger charge is 2.32. The topological polar surface area (TPSA) is 86.7 Å². The van der Waals surface area contributed by atoms with Crippen molar-refractivity contribution in [3.05, 3.63) is 51.1 Å². The summed E-state index contributed by atoms with van der Waals surface area (Å²) in [5.74, 6) is -1.98. The van der Waals surface area contributed by atoms with Gasteiger partial charge in [-0.3, -0.25) is 9.59 Å². The van der Waals surface area contributed by atoms with Gasteiger partial charge in [-0.2, -0.15) is 0 Å². The maximum atomic E-state index is 13.9. The predicted octanol–water partition coefficient (Wildman–Crippen LogP) is 4.61. The number of rotatable bonds is 4. The second-order valence-electron chi connectivity index (χ2n) is 8.23. The Morgan fingerprint density at radius 2 is 1.94 bits per heavy atom. The Kier molecular flexibility index (Phi) is 6.09. The lowest BCUT2D eigenvalue weighted by atomic mass is 9.88. The van der Waals surface area contributed by atoms with Crippen LogP contribution in [-0.2, 0) is 17.8 Å². The molecular weight excluding hydrogens is 419 g/mol. The molecule has 8 heteroatoms. The maximum Gasteiger partial charge on any atom is 0.339 e. The molecular formula is C23H25FN2O4S. The van der Waals surface area contributed by atoms with Crippen molar-refractivity contribution in [2.24, 2.45) is 5.92 Å². The Morgan fingerprint density at radius 1 is 1.19 bits per heavy atom. The molecule has 0 spiro atoms. The zero-order valence-electron chi connectivity index (χ0n) is 17.4. The van der Waals surface area contributed by atoms with Gasteiger partial charge in [0.15, 0.2) is 0 Å². The first-order chi connectivity index (χ1) is 14.9. The van der Waals surface area contributed by atoms with Crippen LogP contribution in [0, 0.1) is 18.7 Å². The normalized spacial score (nSPS) is 16.6. The number of hydrogen-bond donors (Lipinski definition) is 2. The van der Waals surface area contributed by atoms with Crippen molar-refractivity contribution in [1.29, 1.82) is 0 Å². The summed E-state index contributed by atoms with van der Waals surface area (Å²) in [6, 6.07) is 4.43. The van der Waals surface area contributed by atoms with Gasteiger partial charge in [0.05, 0.1) is 12.1 Å². The Hall–Kier alpha value is -2.74. The van der Waals surface area contributed by atoms with Gasteiger partial charge in [0.25, 0.3) is 5.91 Å².